The summed E-state index contributed by atoms with van der Waals surface area (Å²) in [6.45, 7) is 7.51. The molecule has 0 aromatic carbocycles. The van der Waals surface area contributed by atoms with E-state index in [1.165, 1.54) is 4.90 Å². The Morgan fingerprint density at radius 2 is 2.17 bits per heavy atom. The van der Waals surface area contributed by atoms with Crippen molar-refractivity contribution < 1.29 is 18.7 Å². The molecule has 0 fully saturated rings. The van der Waals surface area contributed by atoms with E-state index in [0.717, 1.165) is 5.57 Å². The second-order valence-corrected chi connectivity index (χ2v) is 6.72. The first-order valence-electron chi connectivity index (χ1n) is 9.40. The van der Waals surface area contributed by atoms with E-state index in [1.807, 2.05) is 31.2 Å². The number of aromatic nitrogens is 3. The summed E-state index contributed by atoms with van der Waals surface area (Å²) in [4.78, 5) is 31.0. The lowest BCUT2D eigenvalue weighted by Gasteiger charge is -2.22. The summed E-state index contributed by atoms with van der Waals surface area (Å²) >= 11 is 0. The number of carbonyl (C=O) groups is 2. The van der Waals surface area contributed by atoms with Gasteiger partial charge in [0.1, 0.15) is 12.1 Å². The maximum absolute atomic E-state index is 12.9. The van der Waals surface area contributed by atoms with Crippen LogP contribution in [-0.4, -0.2) is 46.2 Å². The Labute approximate surface area is 174 Å². The van der Waals surface area contributed by atoms with Crippen LogP contribution in [0, 0.1) is 0 Å². The van der Waals surface area contributed by atoms with Gasteiger partial charge in [-0.3, -0.25) is 14.5 Å². The normalized spacial score (nSPS) is 18.9. The van der Waals surface area contributed by atoms with Crippen molar-refractivity contribution in [3.63, 3.8) is 0 Å². The summed E-state index contributed by atoms with van der Waals surface area (Å²) in [6.07, 6.45) is 8.66. The molecule has 2 atom stereocenters. The second kappa shape index (κ2) is 9.17. The summed E-state index contributed by atoms with van der Waals surface area (Å²) in [5, 5.41) is 10.3. The highest BCUT2D eigenvalue weighted by atomic mass is 16.5. The minimum Gasteiger partial charge on any atom is -0.484 e. The third-order valence-electron chi connectivity index (χ3n) is 4.41. The summed E-state index contributed by atoms with van der Waals surface area (Å²) in [5.41, 5.74) is 0.747. The Kier molecular flexibility index (Phi) is 6.41. The molecule has 1 N–H and O–H groups in total. The monoisotopic (exact) mass is 409 g/mol. The van der Waals surface area contributed by atoms with Gasteiger partial charge in [0, 0.05) is 13.2 Å². The average molecular weight is 409 g/mol. The number of anilines is 1. The molecule has 3 heterocycles. The number of ether oxygens (including phenoxy) is 1. The third kappa shape index (κ3) is 4.62. The minimum absolute atomic E-state index is 0.238. The zero-order chi connectivity index (χ0) is 21.7. The molecule has 0 saturated carbocycles. The molecule has 3 rings (SSSR count). The van der Waals surface area contributed by atoms with Gasteiger partial charge < -0.3 is 14.5 Å². The first kappa shape index (κ1) is 21.0. The van der Waals surface area contributed by atoms with E-state index in [0.29, 0.717) is 18.0 Å². The zero-order valence-corrected chi connectivity index (χ0v) is 17.0. The number of carbonyl (C=O) groups excluding carboxylic acids is 2. The number of allylic oxidation sites excluding steroid dienone is 5. The van der Waals surface area contributed by atoms with Gasteiger partial charge in [0.05, 0.1) is 6.42 Å². The molecule has 2 aromatic rings. The first-order chi connectivity index (χ1) is 14.4. The van der Waals surface area contributed by atoms with Crippen molar-refractivity contribution in [1.82, 2.24) is 20.5 Å². The number of fused-ring (bicyclic) bond motifs is 1. The van der Waals surface area contributed by atoms with Gasteiger partial charge in [-0.15, -0.1) is 10.2 Å². The molecule has 1 aliphatic heterocycles. The van der Waals surface area contributed by atoms with E-state index in [4.69, 9.17) is 9.15 Å². The predicted octanol–water partition coefficient (Wildman–Crippen LogP) is 2.24. The molecule has 2 amide bonds. The van der Waals surface area contributed by atoms with Crippen molar-refractivity contribution in [3.05, 3.63) is 66.6 Å². The smallest absolute Gasteiger partial charge is 0.309 e. The Morgan fingerprint density at radius 1 is 1.37 bits per heavy atom. The van der Waals surface area contributed by atoms with Gasteiger partial charge in [0.2, 0.25) is 5.89 Å². The number of nitrogens with zero attached hydrogens (tertiary/aromatic N) is 4. The molecular formula is C21H23N5O4. The molecule has 0 aliphatic carbocycles. The average Bonchev–Trinajstić information content (AvgIpc) is 3.16. The van der Waals surface area contributed by atoms with Gasteiger partial charge in [-0.1, -0.05) is 30.9 Å². The van der Waals surface area contributed by atoms with E-state index in [9.17, 15) is 9.59 Å². The first-order valence-corrected chi connectivity index (χ1v) is 9.40. The molecule has 0 radical (unpaired) electrons. The molecule has 0 spiro atoms. The molecule has 0 saturated heterocycles. The Morgan fingerprint density at radius 3 is 2.93 bits per heavy atom. The van der Waals surface area contributed by atoms with Crippen LogP contribution < -0.4 is 15.0 Å². The number of rotatable bonds is 6. The third-order valence-corrected chi connectivity index (χ3v) is 4.41. The topological polar surface area (TPSA) is 110 Å². The van der Waals surface area contributed by atoms with Gasteiger partial charge >= 0.3 is 11.8 Å². The number of hydrogen-bond acceptors (Lipinski definition) is 7. The van der Waals surface area contributed by atoms with Crippen LogP contribution in [0.2, 0.25) is 0 Å². The van der Waals surface area contributed by atoms with Crippen molar-refractivity contribution in [3.8, 4) is 5.75 Å². The number of nitrogens with one attached hydrogen (secondary N) is 1. The van der Waals surface area contributed by atoms with Crippen LogP contribution in [0.25, 0.3) is 0 Å². The quantitative estimate of drug-likeness (QED) is 0.729. The van der Waals surface area contributed by atoms with Gasteiger partial charge in [0.25, 0.3) is 5.91 Å². The van der Waals surface area contributed by atoms with E-state index in [-0.39, 0.29) is 17.7 Å². The fourth-order valence-corrected chi connectivity index (χ4v) is 2.86. The van der Waals surface area contributed by atoms with Crippen molar-refractivity contribution in [1.29, 1.82) is 0 Å². The Bertz CT molecular complexity index is 1010. The molecule has 0 bridgehead atoms. The summed E-state index contributed by atoms with van der Waals surface area (Å²) in [6, 6.07) is 2.48. The number of hydrogen-bond donors (Lipinski definition) is 1. The molecule has 1 aliphatic rings. The Hall–Kier alpha value is -3.75. The van der Waals surface area contributed by atoms with Crippen LogP contribution in [0.5, 0.6) is 5.75 Å². The summed E-state index contributed by atoms with van der Waals surface area (Å²) < 4.78 is 11.2. The maximum Gasteiger partial charge on any atom is 0.309 e. The molecule has 156 valence electrons. The highest BCUT2D eigenvalue weighted by Crippen LogP contribution is 2.29. The zero-order valence-electron chi connectivity index (χ0n) is 17.0. The fraction of sp³-hybridized carbons (Fsp3) is 0.286. The lowest BCUT2D eigenvalue weighted by Crippen LogP contribution is -2.53. The van der Waals surface area contributed by atoms with Crippen LogP contribution in [0.4, 0.5) is 5.82 Å². The largest absolute Gasteiger partial charge is 0.484 e. The van der Waals surface area contributed by atoms with Gasteiger partial charge in [-0.25, -0.2) is 4.98 Å². The second-order valence-electron chi connectivity index (χ2n) is 6.72. The van der Waals surface area contributed by atoms with Gasteiger partial charge in [-0.2, -0.15) is 0 Å². The van der Waals surface area contributed by atoms with E-state index >= 15 is 0 Å². The standard InChI is InChI=1S/C21H23N5O4/c1-5-6-7-9-13(2)12-16-24-25-20(30-16)19(27)23-17-14(3)29-15-10-8-11-22-18(15)26(4)21(17)28/h5-11,14,17H,2,12H2,1,3-4H3,(H,23,27)/b6-5-,9-7-/t14-,17+/m1/s1. The van der Waals surface area contributed by atoms with Gasteiger partial charge in [0.15, 0.2) is 11.6 Å². The number of amides is 2. The lowest BCUT2D eigenvalue weighted by molar-refractivity contribution is -0.121. The van der Waals surface area contributed by atoms with Crippen molar-refractivity contribution in [2.24, 2.45) is 0 Å². The number of likely N-dealkylation sites (N-methyl/N-ethyl adjacent to an activating group) is 1. The SMILES string of the molecule is C=C(/C=C\C=C/C)Cc1nnc(C(=O)N[C@@H]2C(=O)N(C)c3ncccc3O[C@@H]2C)o1. The fourth-order valence-electron chi connectivity index (χ4n) is 2.86. The highest BCUT2D eigenvalue weighted by molar-refractivity contribution is 6.01. The highest BCUT2D eigenvalue weighted by Gasteiger charge is 2.37. The van der Waals surface area contributed by atoms with Crippen LogP contribution in [0.15, 0.2) is 59.2 Å². The molecule has 9 nitrogen and oxygen atoms in total. The van der Waals surface area contributed by atoms with E-state index in [2.05, 4.69) is 27.1 Å². The summed E-state index contributed by atoms with van der Waals surface area (Å²) in [5.74, 6) is -0.170. The van der Waals surface area contributed by atoms with E-state index < -0.39 is 18.1 Å². The van der Waals surface area contributed by atoms with Crippen molar-refractivity contribution in [2.45, 2.75) is 32.4 Å². The molecule has 9 heteroatoms. The maximum atomic E-state index is 12.9. The Balaban J connectivity index is 1.69. The molecule has 2 aromatic heterocycles. The molecule has 0 unspecified atom stereocenters. The molecule has 30 heavy (non-hydrogen) atoms. The van der Waals surface area contributed by atoms with Gasteiger partial charge in [-0.05, 0) is 31.6 Å². The van der Waals surface area contributed by atoms with Crippen molar-refractivity contribution in [2.75, 3.05) is 11.9 Å². The lowest BCUT2D eigenvalue weighted by atomic mass is 10.1. The molecular weight excluding hydrogens is 386 g/mol. The van der Waals surface area contributed by atoms with E-state index in [1.54, 1.807) is 32.3 Å². The van der Waals surface area contributed by atoms with Crippen molar-refractivity contribution >= 4 is 17.6 Å². The minimum atomic E-state index is -0.953. The predicted molar refractivity (Wildman–Crippen MR) is 110 cm³/mol. The van der Waals surface area contributed by atoms with Crippen LogP contribution in [0.1, 0.15) is 30.4 Å². The van der Waals surface area contributed by atoms with Crippen LogP contribution in [0.3, 0.4) is 0 Å². The summed E-state index contributed by atoms with van der Waals surface area (Å²) in [7, 11) is 1.58. The van der Waals surface area contributed by atoms with Crippen LogP contribution >= 0.6 is 0 Å². The number of pyridine rings is 1. The van der Waals surface area contributed by atoms with Crippen LogP contribution in [-0.2, 0) is 11.2 Å².